The molecule has 1 aromatic rings. The average Bonchev–Trinajstić information content (AvgIpc) is 2.75. The van der Waals surface area contributed by atoms with Crippen LogP contribution in [0.4, 0.5) is 0 Å². The van der Waals surface area contributed by atoms with E-state index < -0.39 is 0 Å². The summed E-state index contributed by atoms with van der Waals surface area (Å²) in [6, 6.07) is 7.01. The van der Waals surface area contributed by atoms with E-state index in [1.165, 1.54) is 0 Å². The third kappa shape index (κ3) is 2.65. The molecule has 2 N–H and O–H groups in total. The summed E-state index contributed by atoms with van der Waals surface area (Å²) in [5.74, 6) is 0.522. The topological polar surface area (TPSA) is 61.5 Å². The van der Waals surface area contributed by atoms with Gasteiger partial charge in [0.25, 0.3) is 0 Å². The molecule has 1 saturated heterocycles. The van der Waals surface area contributed by atoms with E-state index >= 15 is 0 Å². The Kier molecular flexibility index (Phi) is 3.76. The van der Waals surface area contributed by atoms with E-state index in [2.05, 4.69) is 0 Å². The predicted octanol–water partition coefficient (Wildman–Crippen LogP) is 1.24. The standard InChI is InChI=1S/C13H17NO3/c1-2-17-10-5-3-4-9(6-10)13(15)11-7-16-8-12(11)14/h3-6,11-12H,2,7-8,14H2,1H3. The van der Waals surface area contributed by atoms with Gasteiger partial charge in [0, 0.05) is 11.6 Å². The smallest absolute Gasteiger partial charge is 0.170 e. The Morgan fingerprint density at radius 1 is 1.53 bits per heavy atom. The molecule has 92 valence electrons. The number of rotatable bonds is 4. The van der Waals surface area contributed by atoms with Crippen molar-refractivity contribution in [2.24, 2.45) is 11.7 Å². The second-order valence-electron chi connectivity index (χ2n) is 4.13. The molecule has 0 aliphatic carbocycles. The first-order valence-electron chi connectivity index (χ1n) is 5.82. The fourth-order valence-corrected chi connectivity index (χ4v) is 1.96. The Morgan fingerprint density at radius 3 is 3.00 bits per heavy atom. The molecular weight excluding hydrogens is 218 g/mol. The van der Waals surface area contributed by atoms with E-state index in [0.717, 1.165) is 0 Å². The number of hydrogen-bond acceptors (Lipinski definition) is 4. The second kappa shape index (κ2) is 5.29. The van der Waals surface area contributed by atoms with Crippen LogP contribution >= 0.6 is 0 Å². The normalized spacial score (nSPS) is 23.6. The molecule has 4 heteroatoms. The summed E-state index contributed by atoms with van der Waals surface area (Å²) >= 11 is 0. The van der Waals surface area contributed by atoms with Crippen LogP contribution in [-0.4, -0.2) is 31.6 Å². The monoisotopic (exact) mass is 235 g/mol. The first-order chi connectivity index (χ1) is 8.22. The molecule has 1 heterocycles. The molecule has 0 aromatic heterocycles. The van der Waals surface area contributed by atoms with Gasteiger partial charge in [-0.25, -0.2) is 0 Å². The lowest BCUT2D eigenvalue weighted by molar-refractivity contribution is 0.0895. The quantitative estimate of drug-likeness (QED) is 0.798. The molecule has 1 fully saturated rings. The van der Waals surface area contributed by atoms with E-state index in [-0.39, 0.29) is 17.7 Å². The fourth-order valence-electron chi connectivity index (χ4n) is 1.96. The summed E-state index contributed by atoms with van der Waals surface area (Å²) in [7, 11) is 0. The van der Waals surface area contributed by atoms with Crippen LogP contribution in [0.5, 0.6) is 5.75 Å². The second-order valence-corrected chi connectivity index (χ2v) is 4.13. The van der Waals surface area contributed by atoms with Crippen molar-refractivity contribution in [3.63, 3.8) is 0 Å². The molecule has 0 bridgehead atoms. The maximum atomic E-state index is 12.2. The molecule has 2 rings (SSSR count). The molecule has 1 aromatic carbocycles. The molecule has 17 heavy (non-hydrogen) atoms. The molecule has 2 atom stereocenters. The Balaban J connectivity index is 2.15. The highest BCUT2D eigenvalue weighted by Crippen LogP contribution is 2.21. The Bertz CT molecular complexity index is 405. The Morgan fingerprint density at radius 2 is 2.35 bits per heavy atom. The summed E-state index contributed by atoms with van der Waals surface area (Å²) < 4.78 is 10.6. The minimum atomic E-state index is -0.230. The minimum absolute atomic E-state index is 0.0385. The number of Topliss-reactive ketones (excluding diaryl/α,β-unsaturated/α-hetero) is 1. The van der Waals surface area contributed by atoms with E-state index in [4.69, 9.17) is 15.2 Å². The first kappa shape index (κ1) is 12.1. The minimum Gasteiger partial charge on any atom is -0.494 e. The molecule has 2 unspecified atom stereocenters. The van der Waals surface area contributed by atoms with Gasteiger partial charge >= 0.3 is 0 Å². The zero-order chi connectivity index (χ0) is 12.3. The molecule has 0 saturated carbocycles. The van der Waals surface area contributed by atoms with Crippen LogP contribution in [-0.2, 0) is 4.74 Å². The van der Waals surface area contributed by atoms with Crippen LogP contribution in [0.3, 0.4) is 0 Å². The SMILES string of the molecule is CCOc1cccc(C(=O)C2COCC2N)c1. The van der Waals surface area contributed by atoms with Crippen molar-refractivity contribution in [1.29, 1.82) is 0 Å². The number of ether oxygens (including phenoxy) is 2. The maximum absolute atomic E-state index is 12.2. The highest BCUT2D eigenvalue weighted by atomic mass is 16.5. The van der Waals surface area contributed by atoms with E-state index in [9.17, 15) is 4.79 Å². The number of benzene rings is 1. The van der Waals surface area contributed by atoms with Crippen LogP contribution in [0.15, 0.2) is 24.3 Å². The van der Waals surface area contributed by atoms with Gasteiger partial charge in [-0.2, -0.15) is 0 Å². The van der Waals surface area contributed by atoms with E-state index in [0.29, 0.717) is 31.1 Å². The molecule has 1 aliphatic rings. The highest BCUT2D eigenvalue weighted by Gasteiger charge is 2.31. The average molecular weight is 235 g/mol. The van der Waals surface area contributed by atoms with Crippen molar-refractivity contribution < 1.29 is 14.3 Å². The first-order valence-corrected chi connectivity index (χ1v) is 5.82. The molecule has 0 radical (unpaired) electrons. The molecule has 4 nitrogen and oxygen atoms in total. The van der Waals surface area contributed by atoms with Crippen molar-refractivity contribution in [2.75, 3.05) is 19.8 Å². The summed E-state index contributed by atoms with van der Waals surface area (Å²) in [5, 5.41) is 0. The van der Waals surface area contributed by atoms with Crippen molar-refractivity contribution in [1.82, 2.24) is 0 Å². The molecule has 0 spiro atoms. The Hall–Kier alpha value is -1.39. The highest BCUT2D eigenvalue weighted by molar-refractivity contribution is 5.98. The van der Waals surface area contributed by atoms with Crippen molar-refractivity contribution in [2.45, 2.75) is 13.0 Å². The number of ketones is 1. The van der Waals surface area contributed by atoms with E-state index in [1.807, 2.05) is 19.1 Å². The third-order valence-electron chi connectivity index (χ3n) is 2.89. The Labute approximate surface area is 101 Å². The largest absolute Gasteiger partial charge is 0.494 e. The van der Waals surface area contributed by atoms with Gasteiger partial charge in [-0.15, -0.1) is 0 Å². The van der Waals surface area contributed by atoms with Crippen molar-refractivity contribution in [3.8, 4) is 5.75 Å². The zero-order valence-electron chi connectivity index (χ0n) is 9.89. The van der Waals surface area contributed by atoms with Gasteiger partial charge in [-0.3, -0.25) is 4.79 Å². The number of carbonyl (C=O) groups excluding carboxylic acids is 1. The predicted molar refractivity (Wildman–Crippen MR) is 64.2 cm³/mol. The van der Waals surface area contributed by atoms with Gasteiger partial charge in [-0.05, 0) is 19.1 Å². The lowest BCUT2D eigenvalue weighted by atomic mass is 9.94. The molecular formula is C13H17NO3. The van der Waals surface area contributed by atoms with Crippen LogP contribution in [0.25, 0.3) is 0 Å². The van der Waals surface area contributed by atoms with Gasteiger partial charge < -0.3 is 15.2 Å². The maximum Gasteiger partial charge on any atom is 0.170 e. The summed E-state index contributed by atoms with van der Waals surface area (Å²) in [5.41, 5.74) is 6.48. The van der Waals surface area contributed by atoms with Crippen molar-refractivity contribution in [3.05, 3.63) is 29.8 Å². The lowest BCUT2D eigenvalue weighted by Crippen LogP contribution is -2.34. The van der Waals surface area contributed by atoms with Gasteiger partial charge in [0.1, 0.15) is 5.75 Å². The number of nitrogens with two attached hydrogens (primary N) is 1. The molecule has 0 amide bonds. The van der Waals surface area contributed by atoms with Crippen LogP contribution in [0.1, 0.15) is 17.3 Å². The summed E-state index contributed by atoms with van der Waals surface area (Å²) in [6.45, 7) is 3.37. The van der Waals surface area contributed by atoms with Gasteiger partial charge in [0.15, 0.2) is 5.78 Å². The number of carbonyl (C=O) groups is 1. The lowest BCUT2D eigenvalue weighted by Gasteiger charge is -2.12. The van der Waals surface area contributed by atoms with Crippen LogP contribution in [0, 0.1) is 5.92 Å². The van der Waals surface area contributed by atoms with Gasteiger partial charge in [0.05, 0.1) is 25.7 Å². The van der Waals surface area contributed by atoms with Crippen LogP contribution in [0.2, 0.25) is 0 Å². The van der Waals surface area contributed by atoms with E-state index in [1.54, 1.807) is 12.1 Å². The zero-order valence-corrected chi connectivity index (χ0v) is 9.89. The van der Waals surface area contributed by atoms with Crippen molar-refractivity contribution >= 4 is 5.78 Å². The van der Waals surface area contributed by atoms with Gasteiger partial charge in [-0.1, -0.05) is 12.1 Å². The summed E-state index contributed by atoms with van der Waals surface area (Å²) in [6.07, 6.45) is 0. The molecule has 1 aliphatic heterocycles. The van der Waals surface area contributed by atoms with Gasteiger partial charge in [0.2, 0.25) is 0 Å². The van der Waals surface area contributed by atoms with Crippen LogP contribution < -0.4 is 10.5 Å². The summed E-state index contributed by atoms with van der Waals surface area (Å²) in [4.78, 5) is 12.2. The number of hydrogen-bond donors (Lipinski definition) is 1. The third-order valence-corrected chi connectivity index (χ3v) is 2.89. The fraction of sp³-hybridized carbons (Fsp3) is 0.462.